The molecule has 0 spiro atoms. The standard InChI is InChI=1S/C12H12ClN5S/c1-7(11-16-14-6-17(11)2)18-10-5-8(13)3-4-9(10)15-12(18)19/h3-7H,1-2H3,(H,15,19). The average molecular weight is 294 g/mol. The zero-order valence-electron chi connectivity index (χ0n) is 10.5. The molecule has 0 radical (unpaired) electrons. The molecule has 7 heteroatoms. The van der Waals surface area contributed by atoms with Crippen LogP contribution in [0, 0.1) is 4.77 Å². The highest BCUT2D eigenvalue weighted by molar-refractivity contribution is 7.71. The average Bonchev–Trinajstić information content (AvgIpc) is 2.91. The maximum absolute atomic E-state index is 6.07. The van der Waals surface area contributed by atoms with E-state index in [2.05, 4.69) is 15.2 Å². The number of nitrogens with one attached hydrogen (secondary N) is 1. The number of hydrogen-bond donors (Lipinski definition) is 1. The molecule has 3 rings (SSSR count). The first-order chi connectivity index (χ1) is 9.08. The van der Waals surface area contributed by atoms with Crippen molar-refractivity contribution in [3.63, 3.8) is 0 Å². The Bertz CT molecular complexity index is 800. The lowest BCUT2D eigenvalue weighted by Gasteiger charge is -2.13. The van der Waals surface area contributed by atoms with Gasteiger partial charge in [0.1, 0.15) is 6.33 Å². The van der Waals surface area contributed by atoms with Crippen LogP contribution in [0.15, 0.2) is 24.5 Å². The van der Waals surface area contributed by atoms with E-state index >= 15 is 0 Å². The number of rotatable bonds is 2. The number of hydrogen-bond acceptors (Lipinski definition) is 3. The van der Waals surface area contributed by atoms with Gasteiger partial charge < -0.3 is 14.1 Å². The quantitative estimate of drug-likeness (QED) is 0.739. The van der Waals surface area contributed by atoms with Crippen LogP contribution in [0.1, 0.15) is 18.8 Å². The number of aromatic amines is 1. The minimum absolute atomic E-state index is 0.0211. The molecule has 0 aliphatic rings. The highest BCUT2D eigenvalue weighted by atomic mass is 35.5. The van der Waals surface area contributed by atoms with Crippen LogP contribution < -0.4 is 0 Å². The van der Waals surface area contributed by atoms with E-state index in [1.165, 1.54) is 0 Å². The molecule has 0 saturated carbocycles. The summed E-state index contributed by atoms with van der Waals surface area (Å²) in [6.45, 7) is 2.04. The van der Waals surface area contributed by atoms with Gasteiger partial charge in [0.15, 0.2) is 10.6 Å². The van der Waals surface area contributed by atoms with Crippen LogP contribution in [0.3, 0.4) is 0 Å². The Morgan fingerprint density at radius 3 is 2.89 bits per heavy atom. The van der Waals surface area contributed by atoms with Crippen molar-refractivity contribution in [2.45, 2.75) is 13.0 Å². The number of H-pyrrole nitrogens is 1. The maximum Gasteiger partial charge on any atom is 0.178 e. The Morgan fingerprint density at radius 1 is 1.42 bits per heavy atom. The van der Waals surface area contributed by atoms with E-state index in [-0.39, 0.29) is 6.04 Å². The monoisotopic (exact) mass is 293 g/mol. The van der Waals surface area contributed by atoms with E-state index in [4.69, 9.17) is 23.8 Å². The lowest BCUT2D eigenvalue weighted by molar-refractivity contribution is 0.581. The molecule has 5 nitrogen and oxygen atoms in total. The van der Waals surface area contributed by atoms with Gasteiger partial charge >= 0.3 is 0 Å². The first kappa shape index (κ1) is 12.4. The molecule has 0 aliphatic heterocycles. The second-order valence-corrected chi connectivity index (χ2v) is 5.26. The predicted molar refractivity (Wildman–Crippen MR) is 76.9 cm³/mol. The van der Waals surface area contributed by atoms with Gasteiger partial charge in [0, 0.05) is 12.1 Å². The largest absolute Gasteiger partial charge is 0.331 e. The summed E-state index contributed by atoms with van der Waals surface area (Å²) >= 11 is 11.5. The van der Waals surface area contributed by atoms with Crippen molar-refractivity contribution in [3.05, 3.63) is 40.1 Å². The molecular weight excluding hydrogens is 282 g/mol. The van der Waals surface area contributed by atoms with Crippen molar-refractivity contribution in [2.75, 3.05) is 0 Å². The fraction of sp³-hybridized carbons (Fsp3) is 0.250. The third-order valence-electron chi connectivity index (χ3n) is 3.19. The summed E-state index contributed by atoms with van der Waals surface area (Å²) in [5.74, 6) is 0.844. The Morgan fingerprint density at radius 2 is 2.21 bits per heavy atom. The lowest BCUT2D eigenvalue weighted by atomic mass is 10.2. The summed E-state index contributed by atoms with van der Waals surface area (Å²) in [5.41, 5.74) is 1.93. The molecule has 1 atom stereocenters. The van der Waals surface area contributed by atoms with Crippen LogP contribution >= 0.6 is 23.8 Å². The molecule has 0 saturated heterocycles. The Balaban J connectivity index is 2.25. The van der Waals surface area contributed by atoms with E-state index in [1.54, 1.807) is 6.33 Å². The van der Waals surface area contributed by atoms with Crippen molar-refractivity contribution >= 4 is 34.9 Å². The van der Waals surface area contributed by atoms with Crippen molar-refractivity contribution in [1.82, 2.24) is 24.3 Å². The molecule has 1 N–H and O–H groups in total. The van der Waals surface area contributed by atoms with E-state index in [9.17, 15) is 0 Å². The van der Waals surface area contributed by atoms with Crippen LogP contribution in [0.5, 0.6) is 0 Å². The van der Waals surface area contributed by atoms with Crippen LogP contribution in [0.25, 0.3) is 11.0 Å². The molecule has 0 aliphatic carbocycles. The molecule has 19 heavy (non-hydrogen) atoms. The van der Waals surface area contributed by atoms with Crippen LogP contribution in [-0.4, -0.2) is 24.3 Å². The highest BCUT2D eigenvalue weighted by Crippen LogP contribution is 2.25. The van der Waals surface area contributed by atoms with E-state index < -0.39 is 0 Å². The summed E-state index contributed by atoms with van der Waals surface area (Å²) in [6, 6.07) is 5.64. The number of imidazole rings is 1. The van der Waals surface area contributed by atoms with Gasteiger partial charge in [0.05, 0.1) is 17.1 Å². The van der Waals surface area contributed by atoms with Crippen LogP contribution in [0.4, 0.5) is 0 Å². The molecule has 0 bridgehead atoms. The van der Waals surface area contributed by atoms with Gasteiger partial charge in [-0.25, -0.2) is 0 Å². The number of halogens is 1. The summed E-state index contributed by atoms with van der Waals surface area (Å²) < 4.78 is 4.53. The van der Waals surface area contributed by atoms with E-state index in [0.717, 1.165) is 16.9 Å². The number of nitrogens with zero attached hydrogens (tertiary/aromatic N) is 4. The fourth-order valence-corrected chi connectivity index (χ4v) is 2.80. The predicted octanol–water partition coefficient (Wildman–Crippen LogP) is 3.09. The molecule has 98 valence electrons. The summed E-state index contributed by atoms with van der Waals surface area (Å²) in [5, 5.41) is 8.73. The van der Waals surface area contributed by atoms with Gasteiger partial charge in [-0.15, -0.1) is 10.2 Å². The molecule has 1 unspecified atom stereocenters. The zero-order chi connectivity index (χ0) is 13.6. The summed E-state index contributed by atoms with van der Waals surface area (Å²) in [4.78, 5) is 3.18. The second-order valence-electron chi connectivity index (χ2n) is 4.44. The molecule has 2 aromatic heterocycles. The molecule has 0 fully saturated rings. The zero-order valence-corrected chi connectivity index (χ0v) is 12.0. The van der Waals surface area contributed by atoms with Crippen molar-refractivity contribution in [1.29, 1.82) is 0 Å². The smallest absolute Gasteiger partial charge is 0.178 e. The van der Waals surface area contributed by atoms with Crippen LogP contribution in [-0.2, 0) is 7.05 Å². The molecular formula is C12H12ClN5S. The van der Waals surface area contributed by atoms with E-state index in [0.29, 0.717) is 9.79 Å². The highest BCUT2D eigenvalue weighted by Gasteiger charge is 2.17. The topological polar surface area (TPSA) is 51.4 Å². The van der Waals surface area contributed by atoms with E-state index in [1.807, 2.05) is 41.3 Å². The van der Waals surface area contributed by atoms with Gasteiger partial charge in [-0.2, -0.15) is 0 Å². The van der Waals surface area contributed by atoms with Gasteiger partial charge in [0.25, 0.3) is 0 Å². The number of aryl methyl sites for hydroxylation is 1. The Hall–Kier alpha value is -1.66. The van der Waals surface area contributed by atoms with Crippen LogP contribution in [0.2, 0.25) is 5.02 Å². The summed E-state index contributed by atoms with van der Waals surface area (Å²) in [7, 11) is 1.91. The Kier molecular flexibility index (Phi) is 2.91. The molecule has 1 aromatic carbocycles. The number of fused-ring (bicyclic) bond motifs is 1. The minimum Gasteiger partial charge on any atom is -0.331 e. The van der Waals surface area contributed by atoms with Crippen molar-refractivity contribution < 1.29 is 0 Å². The third kappa shape index (κ3) is 1.97. The Labute approximate surface area is 119 Å². The second kappa shape index (κ2) is 4.47. The first-order valence-corrected chi connectivity index (χ1v) is 6.60. The maximum atomic E-state index is 6.07. The SMILES string of the molecule is CC(c1nncn1C)n1c(=S)[nH]c2ccc(Cl)cc21. The molecule has 2 heterocycles. The number of benzene rings is 1. The molecule has 0 amide bonds. The van der Waals surface area contributed by atoms with Gasteiger partial charge in [-0.05, 0) is 37.3 Å². The normalized spacial score (nSPS) is 13.0. The number of aromatic nitrogens is 5. The molecule has 3 aromatic rings. The van der Waals surface area contributed by atoms with Crippen molar-refractivity contribution in [3.8, 4) is 0 Å². The fourth-order valence-electron chi connectivity index (χ4n) is 2.27. The van der Waals surface area contributed by atoms with Crippen molar-refractivity contribution in [2.24, 2.45) is 7.05 Å². The summed E-state index contributed by atoms with van der Waals surface area (Å²) in [6.07, 6.45) is 1.68. The van der Waals surface area contributed by atoms with Gasteiger partial charge in [-0.3, -0.25) is 0 Å². The first-order valence-electron chi connectivity index (χ1n) is 5.81. The lowest BCUT2D eigenvalue weighted by Crippen LogP contribution is -2.12. The van der Waals surface area contributed by atoms with Gasteiger partial charge in [0.2, 0.25) is 0 Å². The van der Waals surface area contributed by atoms with Gasteiger partial charge in [-0.1, -0.05) is 11.6 Å². The minimum atomic E-state index is -0.0211. The third-order valence-corrected chi connectivity index (χ3v) is 3.72.